The molecule has 2 aromatic carbocycles. The van der Waals surface area contributed by atoms with Crippen LogP contribution in [0.2, 0.25) is 0 Å². The molecule has 1 aliphatic rings. The third kappa shape index (κ3) is 4.03. The van der Waals surface area contributed by atoms with Crippen LogP contribution in [-0.4, -0.2) is 17.6 Å². The number of carbonyl (C=O) groups is 1. The molecule has 0 aliphatic heterocycles. The van der Waals surface area contributed by atoms with Crippen molar-refractivity contribution in [1.29, 1.82) is 0 Å². The van der Waals surface area contributed by atoms with Crippen molar-refractivity contribution in [2.45, 2.75) is 50.5 Å². The van der Waals surface area contributed by atoms with Gasteiger partial charge in [0.25, 0.3) is 0 Å². The molecule has 1 atom stereocenters. The minimum absolute atomic E-state index is 0.0477. The van der Waals surface area contributed by atoms with Crippen molar-refractivity contribution in [1.82, 2.24) is 5.32 Å². The minimum atomic E-state index is -1.09. The van der Waals surface area contributed by atoms with Gasteiger partial charge in [-0.3, -0.25) is 4.79 Å². The number of rotatable bonds is 5. The molecule has 144 valence electrons. The summed E-state index contributed by atoms with van der Waals surface area (Å²) in [4.78, 5) is 12.7. The maximum Gasteiger partial charge on any atom is 0.230 e. The van der Waals surface area contributed by atoms with E-state index in [-0.39, 0.29) is 23.4 Å². The molecule has 1 unspecified atom stereocenters. The van der Waals surface area contributed by atoms with Crippen molar-refractivity contribution in [3.8, 4) is 0 Å². The monoisotopic (exact) mass is 373 g/mol. The average Bonchev–Trinajstić information content (AvgIpc) is 3.43. The lowest BCUT2D eigenvalue weighted by Crippen LogP contribution is -2.37. The molecule has 2 N–H and O–H groups in total. The van der Waals surface area contributed by atoms with Crippen LogP contribution in [0.25, 0.3) is 0 Å². The van der Waals surface area contributed by atoms with Crippen LogP contribution in [0.1, 0.15) is 56.4 Å². The number of hydrogen-bond donors (Lipinski definition) is 2. The van der Waals surface area contributed by atoms with Crippen molar-refractivity contribution < 1.29 is 18.7 Å². The van der Waals surface area contributed by atoms with Crippen molar-refractivity contribution in [2.24, 2.45) is 0 Å². The molecule has 0 saturated heterocycles. The number of carbonyl (C=O) groups excluding carboxylic acids is 1. The Morgan fingerprint density at radius 3 is 2.26 bits per heavy atom. The second-order valence-corrected chi connectivity index (χ2v) is 8.31. The van der Waals surface area contributed by atoms with Gasteiger partial charge in [0.05, 0.1) is 11.5 Å². The average molecular weight is 373 g/mol. The van der Waals surface area contributed by atoms with Gasteiger partial charge in [-0.05, 0) is 47.1 Å². The molecule has 1 saturated carbocycles. The van der Waals surface area contributed by atoms with Crippen molar-refractivity contribution in [3.05, 3.63) is 70.8 Å². The number of halogens is 2. The van der Waals surface area contributed by atoms with E-state index in [1.807, 2.05) is 12.1 Å². The van der Waals surface area contributed by atoms with Crippen LogP contribution in [0.5, 0.6) is 0 Å². The van der Waals surface area contributed by atoms with Crippen LogP contribution in [0.4, 0.5) is 8.78 Å². The van der Waals surface area contributed by atoms with Gasteiger partial charge in [0.2, 0.25) is 5.91 Å². The van der Waals surface area contributed by atoms with E-state index in [4.69, 9.17) is 0 Å². The van der Waals surface area contributed by atoms with Gasteiger partial charge < -0.3 is 10.4 Å². The lowest BCUT2D eigenvalue weighted by molar-refractivity contribution is -0.124. The Morgan fingerprint density at radius 1 is 1.11 bits per heavy atom. The van der Waals surface area contributed by atoms with Gasteiger partial charge in [-0.15, -0.1) is 0 Å². The highest BCUT2D eigenvalue weighted by atomic mass is 19.2. The molecule has 0 spiro atoms. The summed E-state index contributed by atoms with van der Waals surface area (Å²) in [5.41, 5.74) is 1.90. The van der Waals surface area contributed by atoms with Crippen LogP contribution in [-0.2, 0) is 15.6 Å². The lowest BCUT2D eigenvalue weighted by Gasteiger charge is -2.21. The summed E-state index contributed by atoms with van der Waals surface area (Å²) in [5, 5.41) is 12.9. The van der Waals surface area contributed by atoms with E-state index in [0.29, 0.717) is 0 Å². The Kier molecular flexibility index (Phi) is 5.08. The Bertz CT molecular complexity index is 836. The van der Waals surface area contributed by atoms with E-state index in [9.17, 15) is 18.7 Å². The SMILES string of the molecule is CC(C)(C)c1ccc(C2(C(=O)NCC(O)c3ccc(F)c(F)c3)CC2)cc1. The molecule has 3 nitrogen and oxygen atoms in total. The Hall–Kier alpha value is -2.27. The molecule has 1 amide bonds. The summed E-state index contributed by atoms with van der Waals surface area (Å²) in [7, 11) is 0. The summed E-state index contributed by atoms with van der Waals surface area (Å²) in [6.45, 7) is 6.37. The predicted molar refractivity (Wildman–Crippen MR) is 100 cm³/mol. The fourth-order valence-electron chi connectivity index (χ4n) is 3.26. The third-order valence-corrected chi connectivity index (χ3v) is 5.27. The van der Waals surface area contributed by atoms with Crippen molar-refractivity contribution in [3.63, 3.8) is 0 Å². The highest BCUT2D eigenvalue weighted by molar-refractivity contribution is 5.91. The fraction of sp³-hybridized carbons (Fsp3) is 0.409. The molecule has 5 heteroatoms. The van der Waals surface area contributed by atoms with Crippen LogP contribution < -0.4 is 5.32 Å². The van der Waals surface area contributed by atoms with E-state index >= 15 is 0 Å². The summed E-state index contributed by atoms with van der Waals surface area (Å²) in [6, 6.07) is 11.3. The van der Waals surface area contributed by atoms with Gasteiger partial charge in [-0.25, -0.2) is 8.78 Å². The summed E-state index contributed by atoms with van der Waals surface area (Å²) in [5.74, 6) is -2.13. The Labute approximate surface area is 158 Å². The highest BCUT2D eigenvalue weighted by Crippen LogP contribution is 2.48. The number of nitrogens with one attached hydrogen (secondary N) is 1. The number of hydrogen-bond acceptors (Lipinski definition) is 2. The summed E-state index contributed by atoms with van der Waals surface area (Å²) in [6.07, 6.45) is 0.423. The van der Waals surface area contributed by atoms with E-state index in [1.165, 1.54) is 11.6 Å². The molecule has 0 heterocycles. The van der Waals surface area contributed by atoms with Gasteiger partial charge in [0, 0.05) is 6.54 Å². The Morgan fingerprint density at radius 2 is 1.74 bits per heavy atom. The molecule has 3 rings (SSSR count). The lowest BCUT2D eigenvalue weighted by atomic mass is 9.85. The van der Waals surface area contributed by atoms with Crippen molar-refractivity contribution in [2.75, 3.05) is 6.54 Å². The van der Waals surface area contributed by atoms with Crippen LogP contribution in [0.15, 0.2) is 42.5 Å². The highest BCUT2D eigenvalue weighted by Gasteiger charge is 2.51. The maximum absolute atomic E-state index is 13.3. The normalized spacial score (nSPS) is 16.7. The molecular weight excluding hydrogens is 348 g/mol. The molecule has 0 radical (unpaired) electrons. The first-order chi connectivity index (χ1) is 12.6. The second kappa shape index (κ2) is 7.04. The molecular formula is C22H25F2NO2. The Balaban J connectivity index is 1.66. The molecule has 27 heavy (non-hydrogen) atoms. The smallest absolute Gasteiger partial charge is 0.230 e. The first-order valence-electron chi connectivity index (χ1n) is 9.16. The van der Waals surface area contributed by atoms with Gasteiger partial charge in [-0.1, -0.05) is 51.1 Å². The number of aliphatic hydroxyl groups excluding tert-OH is 1. The van der Waals surface area contributed by atoms with Gasteiger partial charge in [-0.2, -0.15) is 0 Å². The summed E-state index contributed by atoms with van der Waals surface area (Å²) < 4.78 is 26.3. The molecule has 1 fully saturated rings. The van der Waals surface area contributed by atoms with E-state index in [1.54, 1.807) is 0 Å². The zero-order chi connectivity index (χ0) is 19.8. The third-order valence-electron chi connectivity index (χ3n) is 5.27. The molecule has 0 aromatic heterocycles. The second-order valence-electron chi connectivity index (χ2n) is 8.31. The molecule has 1 aliphatic carbocycles. The van der Waals surface area contributed by atoms with Crippen molar-refractivity contribution >= 4 is 5.91 Å². The first-order valence-corrected chi connectivity index (χ1v) is 9.16. The largest absolute Gasteiger partial charge is 0.387 e. The predicted octanol–water partition coefficient (Wildman–Crippen LogP) is 4.14. The first kappa shape index (κ1) is 19.5. The maximum atomic E-state index is 13.3. The van der Waals surface area contributed by atoms with E-state index in [2.05, 4.69) is 38.2 Å². The topological polar surface area (TPSA) is 49.3 Å². The number of aliphatic hydroxyl groups is 1. The van der Waals surface area contributed by atoms with Crippen LogP contribution in [0.3, 0.4) is 0 Å². The van der Waals surface area contributed by atoms with E-state index in [0.717, 1.165) is 30.5 Å². The van der Waals surface area contributed by atoms with Gasteiger partial charge in [0.1, 0.15) is 0 Å². The van der Waals surface area contributed by atoms with Crippen LogP contribution >= 0.6 is 0 Å². The zero-order valence-corrected chi connectivity index (χ0v) is 15.9. The molecule has 2 aromatic rings. The standard InChI is InChI=1S/C22H25F2NO2/c1-21(2,3)15-5-7-16(8-6-15)22(10-11-22)20(27)25-13-19(26)14-4-9-17(23)18(24)12-14/h4-9,12,19,26H,10-11,13H2,1-3H3,(H,25,27). The zero-order valence-electron chi connectivity index (χ0n) is 15.9. The van der Waals surface area contributed by atoms with Crippen LogP contribution in [0, 0.1) is 11.6 Å². The fourth-order valence-corrected chi connectivity index (χ4v) is 3.26. The minimum Gasteiger partial charge on any atom is -0.387 e. The van der Waals surface area contributed by atoms with Gasteiger partial charge >= 0.3 is 0 Å². The number of amides is 1. The quantitative estimate of drug-likeness (QED) is 0.827. The number of benzene rings is 2. The summed E-state index contributed by atoms with van der Waals surface area (Å²) >= 11 is 0. The van der Waals surface area contributed by atoms with Gasteiger partial charge in [0.15, 0.2) is 11.6 Å². The van der Waals surface area contributed by atoms with E-state index < -0.39 is 23.2 Å². The molecule has 0 bridgehead atoms.